The predicted molar refractivity (Wildman–Crippen MR) is 92.1 cm³/mol. The minimum Gasteiger partial charge on any atom is -0.351 e. The lowest BCUT2D eigenvalue weighted by atomic mass is 10.1. The van der Waals surface area contributed by atoms with Gasteiger partial charge in [-0.15, -0.1) is 11.3 Å². The van der Waals surface area contributed by atoms with E-state index in [4.69, 9.17) is 11.6 Å². The molecule has 0 bridgehead atoms. The van der Waals surface area contributed by atoms with Crippen molar-refractivity contribution in [3.8, 4) is 0 Å². The molecule has 2 N–H and O–H groups in total. The monoisotopic (exact) mass is 366 g/mol. The van der Waals surface area contributed by atoms with Gasteiger partial charge in [-0.1, -0.05) is 17.7 Å². The van der Waals surface area contributed by atoms with Gasteiger partial charge in [-0.2, -0.15) is 0 Å². The molecule has 1 aromatic heterocycles. The molecular formula is C17H16ClFN2O2S. The fraction of sp³-hybridized carbons (Fsp3) is 0.294. The Labute approximate surface area is 148 Å². The summed E-state index contributed by atoms with van der Waals surface area (Å²) in [6, 6.07) is 7.99. The van der Waals surface area contributed by atoms with Gasteiger partial charge in [0, 0.05) is 27.4 Å². The number of nitrogens with one attached hydrogen (secondary N) is 2. The van der Waals surface area contributed by atoms with Crippen molar-refractivity contribution in [1.29, 1.82) is 0 Å². The van der Waals surface area contributed by atoms with E-state index in [0.717, 1.165) is 4.88 Å². The van der Waals surface area contributed by atoms with Gasteiger partial charge < -0.3 is 10.6 Å². The molecule has 24 heavy (non-hydrogen) atoms. The molecule has 1 saturated carbocycles. The smallest absolute Gasteiger partial charge is 0.261 e. The number of thiophene rings is 1. The molecular weight excluding hydrogens is 351 g/mol. The van der Waals surface area contributed by atoms with Crippen molar-refractivity contribution >= 4 is 34.8 Å². The van der Waals surface area contributed by atoms with Crippen LogP contribution in [0.15, 0.2) is 30.3 Å². The summed E-state index contributed by atoms with van der Waals surface area (Å²) in [7, 11) is 0. The maximum Gasteiger partial charge on any atom is 0.261 e. The summed E-state index contributed by atoms with van der Waals surface area (Å²) in [5.74, 6) is -1.03. The van der Waals surface area contributed by atoms with Crippen molar-refractivity contribution in [2.75, 3.05) is 6.54 Å². The number of benzene rings is 1. The van der Waals surface area contributed by atoms with Crippen LogP contribution in [0.25, 0.3) is 0 Å². The Morgan fingerprint density at radius 1 is 1.33 bits per heavy atom. The molecule has 126 valence electrons. The first-order valence-corrected chi connectivity index (χ1v) is 8.73. The first-order chi connectivity index (χ1) is 11.5. The summed E-state index contributed by atoms with van der Waals surface area (Å²) in [5, 5.41) is 5.75. The van der Waals surface area contributed by atoms with Gasteiger partial charge in [0.15, 0.2) is 0 Å². The second kappa shape index (κ2) is 6.91. The normalized spacial score (nSPS) is 19.0. The topological polar surface area (TPSA) is 58.2 Å². The minimum atomic E-state index is -0.356. The fourth-order valence-electron chi connectivity index (χ4n) is 2.60. The zero-order valence-corrected chi connectivity index (χ0v) is 14.5. The van der Waals surface area contributed by atoms with Crippen LogP contribution in [-0.2, 0) is 4.79 Å². The van der Waals surface area contributed by atoms with Crippen LogP contribution in [0.4, 0.5) is 4.39 Å². The standard InChI is InChI=1S/C17H16ClFN2O2S/c1-9-5-6-14(24-9)17(23)20-8-15(22)21-13-7-10(13)16-11(18)3-2-4-12(16)19/h2-6,10,13H,7-8H2,1H3,(H,20,23)(H,21,22)/t10-,13-/m1/s1. The molecule has 4 nitrogen and oxygen atoms in total. The summed E-state index contributed by atoms with van der Waals surface area (Å²) in [4.78, 5) is 25.4. The Hall–Kier alpha value is -1.92. The van der Waals surface area contributed by atoms with Crippen LogP contribution in [0.5, 0.6) is 0 Å². The van der Waals surface area contributed by atoms with Gasteiger partial charge in [0.25, 0.3) is 5.91 Å². The van der Waals surface area contributed by atoms with E-state index in [-0.39, 0.29) is 36.1 Å². The molecule has 2 atom stereocenters. The average molecular weight is 367 g/mol. The van der Waals surface area contributed by atoms with Crippen LogP contribution >= 0.6 is 22.9 Å². The number of hydrogen-bond donors (Lipinski definition) is 2. The maximum atomic E-state index is 13.8. The second-order valence-electron chi connectivity index (χ2n) is 5.74. The lowest BCUT2D eigenvalue weighted by Gasteiger charge is -2.08. The predicted octanol–water partition coefficient (Wildman–Crippen LogP) is 3.25. The lowest BCUT2D eigenvalue weighted by Crippen LogP contribution is -2.38. The number of rotatable bonds is 5. The van der Waals surface area contributed by atoms with E-state index in [1.54, 1.807) is 18.2 Å². The number of carbonyl (C=O) groups is 2. The molecule has 3 rings (SSSR count). The highest BCUT2D eigenvalue weighted by atomic mass is 35.5. The fourth-order valence-corrected chi connectivity index (χ4v) is 3.69. The third-order valence-corrected chi connectivity index (χ3v) is 5.21. The van der Waals surface area contributed by atoms with E-state index >= 15 is 0 Å². The van der Waals surface area contributed by atoms with Gasteiger partial charge in [-0.25, -0.2) is 4.39 Å². The summed E-state index contributed by atoms with van der Waals surface area (Å²) in [5.41, 5.74) is 0.447. The summed E-state index contributed by atoms with van der Waals surface area (Å²) < 4.78 is 13.8. The molecule has 0 unspecified atom stereocenters. The minimum absolute atomic E-state index is 0.107. The number of amides is 2. The zero-order valence-electron chi connectivity index (χ0n) is 12.9. The number of hydrogen-bond acceptors (Lipinski definition) is 3. The first kappa shape index (κ1) is 16.9. The highest BCUT2D eigenvalue weighted by Gasteiger charge is 2.42. The Kier molecular flexibility index (Phi) is 4.87. The Balaban J connectivity index is 1.49. The van der Waals surface area contributed by atoms with Crippen LogP contribution in [0.1, 0.15) is 32.5 Å². The van der Waals surface area contributed by atoms with E-state index in [2.05, 4.69) is 10.6 Å². The second-order valence-corrected chi connectivity index (χ2v) is 7.44. The number of carbonyl (C=O) groups excluding carboxylic acids is 2. The highest BCUT2D eigenvalue weighted by Crippen LogP contribution is 2.44. The van der Waals surface area contributed by atoms with Gasteiger partial charge in [0.2, 0.25) is 5.91 Å². The average Bonchev–Trinajstić information content (AvgIpc) is 3.12. The maximum absolute atomic E-state index is 13.8. The molecule has 0 spiro atoms. The van der Waals surface area contributed by atoms with E-state index in [1.807, 2.05) is 13.0 Å². The van der Waals surface area contributed by atoms with Crippen molar-refractivity contribution in [2.24, 2.45) is 0 Å². The van der Waals surface area contributed by atoms with Gasteiger partial charge in [0.05, 0.1) is 11.4 Å². The van der Waals surface area contributed by atoms with Crippen molar-refractivity contribution in [2.45, 2.75) is 25.3 Å². The van der Waals surface area contributed by atoms with Gasteiger partial charge in [-0.05, 0) is 37.6 Å². The molecule has 0 radical (unpaired) electrons. The van der Waals surface area contributed by atoms with Gasteiger partial charge >= 0.3 is 0 Å². The molecule has 0 aliphatic heterocycles. The van der Waals surface area contributed by atoms with Gasteiger partial charge in [0.1, 0.15) is 5.82 Å². The van der Waals surface area contributed by atoms with Crippen molar-refractivity contribution in [1.82, 2.24) is 10.6 Å². The molecule has 0 saturated heterocycles. The number of halogens is 2. The van der Waals surface area contributed by atoms with Crippen LogP contribution in [0.3, 0.4) is 0 Å². The third-order valence-electron chi connectivity index (χ3n) is 3.88. The van der Waals surface area contributed by atoms with Crippen molar-refractivity contribution < 1.29 is 14.0 Å². The molecule has 1 aliphatic rings. The highest BCUT2D eigenvalue weighted by molar-refractivity contribution is 7.13. The van der Waals surface area contributed by atoms with E-state index in [1.165, 1.54) is 17.4 Å². The number of aryl methyl sites for hydroxylation is 1. The van der Waals surface area contributed by atoms with E-state index in [0.29, 0.717) is 21.9 Å². The molecule has 7 heteroatoms. The third kappa shape index (κ3) is 3.76. The van der Waals surface area contributed by atoms with Crippen LogP contribution in [-0.4, -0.2) is 24.4 Å². The summed E-state index contributed by atoms with van der Waals surface area (Å²) in [6.45, 7) is 1.80. The quantitative estimate of drug-likeness (QED) is 0.853. The Morgan fingerprint density at radius 2 is 2.12 bits per heavy atom. The Bertz CT molecular complexity index is 772. The van der Waals surface area contributed by atoms with E-state index < -0.39 is 0 Å². The molecule has 1 aromatic carbocycles. The largest absolute Gasteiger partial charge is 0.351 e. The van der Waals surface area contributed by atoms with Crippen molar-refractivity contribution in [3.05, 3.63) is 56.5 Å². The zero-order chi connectivity index (χ0) is 17.3. The van der Waals surface area contributed by atoms with Crippen LogP contribution < -0.4 is 10.6 Å². The molecule has 1 heterocycles. The first-order valence-electron chi connectivity index (χ1n) is 7.53. The van der Waals surface area contributed by atoms with Gasteiger partial charge in [-0.3, -0.25) is 9.59 Å². The molecule has 1 aliphatic carbocycles. The summed E-state index contributed by atoms with van der Waals surface area (Å²) in [6.07, 6.45) is 0.643. The molecule has 2 aromatic rings. The lowest BCUT2D eigenvalue weighted by molar-refractivity contribution is -0.120. The Morgan fingerprint density at radius 3 is 2.79 bits per heavy atom. The molecule has 2 amide bonds. The SMILES string of the molecule is Cc1ccc(C(=O)NCC(=O)N[C@@H]2C[C@H]2c2c(F)cccc2Cl)s1. The molecule has 1 fully saturated rings. The van der Waals surface area contributed by atoms with Crippen LogP contribution in [0, 0.1) is 12.7 Å². The van der Waals surface area contributed by atoms with E-state index in [9.17, 15) is 14.0 Å². The van der Waals surface area contributed by atoms with Crippen molar-refractivity contribution in [3.63, 3.8) is 0 Å². The summed E-state index contributed by atoms with van der Waals surface area (Å²) >= 11 is 7.40. The van der Waals surface area contributed by atoms with Crippen LogP contribution in [0.2, 0.25) is 5.02 Å².